The number of benzene rings is 1. The van der Waals surface area contributed by atoms with Crippen LogP contribution >= 0.6 is 0 Å². The molecule has 2 rings (SSSR count). The van der Waals surface area contributed by atoms with Crippen molar-refractivity contribution in [2.45, 2.75) is 44.6 Å². The minimum Gasteiger partial charge on any atom is -0.387 e. The fraction of sp³-hybridized carbons (Fsp3) is 0.625. The van der Waals surface area contributed by atoms with Crippen LogP contribution in [0.5, 0.6) is 0 Å². The Labute approximate surface area is 110 Å². The summed E-state index contributed by atoms with van der Waals surface area (Å²) in [6.07, 6.45) is 7.91. The third kappa shape index (κ3) is 4.43. The van der Waals surface area contributed by atoms with Crippen molar-refractivity contribution in [1.82, 2.24) is 5.32 Å². The highest BCUT2D eigenvalue weighted by Gasteiger charge is 2.13. The second kappa shape index (κ2) is 7.55. The van der Waals surface area contributed by atoms with Crippen LogP contribution in [-0.4, -0.2) is 18.2 Å². The number of aliphatic hydroxyl groups is 1. The molecule has 1 unspecified atom stereocenters. The van der Waals surface area contributed by atoms with Gasteiger partial charge in [0.05, 0.1) is 6.10 Å². The smallest absolute Gasteiger partial charge is 0.0914 e. The van der Waals surface area contributed by atoms with Gasteiger partial charge < -0.3 is 10.4 Å². The summed E-state index contributed by atoms with van der Waals surface area (Å²) in [5.74, 6) is 0.815. The number of rotatable bonds is 5. The SMILES string of the molecule is OC(CNCC1CCCCCC1)c1ccccc1. The molecule has 1 aliphatic rings. The van der Waals surface area contributed by atoms with Crippen molar-refractivity contribution in [3.63, 3.8) is 0 Å². The average Bonchev–Trinajstić information content (AvgIpc) is 2.68. The number of hydrogen-bond acceptors (Lipinski definition) is 2. The van der Waals surface area contributed by atoms with Gasteiger partial charge in [0.25, 0.3) is 0 Å². The van der Waals surface area contributed by atoms with Crippen LogP contribution in [0.3, 0.4) is 0 Å². The Morgan fingerprint density at radius 1 is 1.06 bits per heavy atom. The van der Waals surface area contributed by atoms with Crippen LogP contribution in [0.2, 0.25) is 0 Å². The lowest BCUT2D eigenvalue weighted by Crippen LogP contribution is -2.27. The average molecular weight is 247 g/mol. The van der Waals surface area contributed by atoms with E-state index in [9.17, 15) is 5.11 Å². The molecule has 18 heavy (non-hydrogen) atoms. The molecular formula is C16H25NO. The van der Waals surface area contributed by atoms with Gasteiger partial charge in [-0.3, -0.25) is 0 Å². The zero-order valence-electron chi connectivity index (χ0n) is 11.1. The summed E-state index contributed by atoms with van der Waals surface area (Å²) in [5, 5.41) is 13.5. The topological polar surface area (TPSA) is 32.3 Å². The van der Waals surface area contributed by atoms with Gasteiger partial charge in [0, 0.05) is 6.54 Å². The normalized spacial score (nSPS) is 19.4. The molecule has 1 aromatic rings. The van der Waals surface area contributed by atoms with Crippen LogP contribution in [0.25, 0.3) is 0 Å². The van der Waals surface area contributed by atoms with Crippen LogP contribution in [0.4, 0.5) is 0 Å². The van der Waals surface area contributed by atoms with E-state index in [0.717, 1.165) is 18.0 Å². The van der Waals surface area contributed by atoms with Crippen molar-refractivity contribution >= 4 is 0 Å². The fourth-order valence-corrected chi connectivity index (χ4v) is 2.79. The van der Waals surface area contributed by atoms with Gasteiger partial charge in [0.1, 0.15) is 0 Å². The minimum absolute atomic E-state index is 0.378. The monoisotopic (exact) mass is 247 g/mol. The lowest BCUT2D eigenvalue weighted by Gasteiger charge is -2.17. The maximum Gasteiger partial charge on any atom is 0.0914 e. The first-order valence-electron chi connectivity index (χ1n) is 7.30. The molecule has 0 aromatic heterocycles. The van der Waals surface area contributed by atoms with Crippen LogP contribution in [0.15, 0.2) is 30.3 Å². The maximum absolute atomic E-state index is 10.0. The van der Waals surface area contributed by atoms with E-state index in [-0.39, 0.29) is 6.10 Å². The molecule has 1 aromatic carbocycles. The Kier molecular flexibility index (Phi) is 5.69. The molecule has 1 fully saturated rings. The molecule has 0 spiro atoms. The molecule has 0 radical (unpaired) electrons. The third-order valence-electron chi connectivity index (χ3n) is 3.93. The Bertz CT molecular complexity index is 317. The molecule has 0 saturated heterocycles. The summed E-state index contributed by atoms with van der Waals surface area (Å²) >= 11 is 0. The molecule has 0 aliphatic heterocycles. The van der Waals surface area contributed by atoms with E-state index < -0.39 is 0 Å². The van der Waals surface area contributed by atoms with E-state index in [1.165, 1.54) is 38.5 Å². The fourth-order valence-electron chi connectivity index (χ4n) is 2.79. The van der Waals surface area contributed by atoms with Gasteiger partial charge in [-0.1, -0.05) is 56.0 Å². The predicted octanol–water partition coefficient (Wildman–Crippen LogP) is 3.28. The molecule has 0 bridgehead atoms. The second-order valence-corrected chi connectivity index (χ2v) is 5.44. The minimum atomic E-state index is -0.378. The van der Waals surface area contributed by atoms with E-state index in [0.29, 0.717) is 6.54 Å². The lowest BCUT2D eigenvalue weighted by atomic mass is 10.0. The van der Waals surface area contributed by atoms with E-state index in [2.05, 4.69) is 5.32 Å². The van der Waals surface area contributed by atoms with E-state index in [1.54, 1.807) is 0 Å². The summed E-state index contributed by atoms with van der Waals surface area (Å²) < 4.78 is 0. The molecule has 0 heterocycles. The van der Waals surface area contributed by atoms with Crippen LogP contribution < -0.4 is 5.32 Å². The summed E-state index contributed by atoms with van der Waals surface area (Å²) in [4.78, 5) is 0. The first-order chi connectivity index (χ1) is 8.86. The Balaban J connectivity index is 1.68. The van der Waals surface area contributed by atoms with Gasteiger partial charge in [-0.2, -0.15) is 0 Å². The van der Waals surface area contributed by atoms with Gasteiger partial charge in [-0.05, 0) is 30.9 Å². The summed E-state index contributed by atoms with van der Waals surface area (Å²) in [6, 6.07) is 9.90. The van der Waals surface area contributed by atoms with Gasteiger partial charge in [-0.25, -0.2) is 0 Å². The molecule has 2 nitrogen and oxygen atoms in total. The Morgan fingerprint density at radius 3 is 2.39 bits per heavy atom. The first-order valence-corrected chi connectivity index (χ1v) is 7.30. The summed E-state index contributed by atoms with van der Waals surface area (Å²) in [6.45, 7) is 1.73. The second-order valence-electron chi connectivity index (χ2n) is 5.44. The van der Waals surface area contributed by atoms with Crippen LogP contribution in [0, 0.1) is 5.92 Å². The first kappa shape index (κ1) is 13.6. The molecule has 0 amide bonds. The number of aliphatic hydroxyl groups excluding tert-OH is 1. The molecule has 100 valence electrons. The largest absolute Gasteiger partial charge is 0.387 e. The Hall–Kier alpha value is -0.860. The van der Waals surface area contributed by atoms with Crippen molar-refractivity contribution in [2.24, 2.45) is 5.92 Å². The zero-order valence-corrected chi connectivity index (χ0v) is 11.1. The van der Waals surface area contributed by atoms with Crippen molar-refractivity contribution in [3.05, 3.63) is 35.9 Å². The molecule has 1 aliphatic carbocycles. The number of nitrogens with one attached hydrogen (secondary N) is 1. The van der Waals surface area contributed by atoms with Crippen LogP contribution in [0.1, 0.15) is 50.2 Å². The lowest BCUT2D eigenvalue weighted by molar-refractivity contribution is 0.172. The van der Waals surface area contributed by atoms with Crippen molar-refractivity contribution in [2.75, 3.05) is 13.1 Å². The highest BCUT2D eigenvalue weighted by molar-refractivity contribution is 5.17. The van der Waals surface area contributed by atoms with E-state index >= 15 is 0 Å². The highest BCUT2D eigenvalue weighted by Crippen LogP contribution is 2.22. The van der Waals surface area contributed by atoms with E-state index in [4.69, 9.17) is 0 Å². The van der Waals surface area contributed by atoms with Crippen molar-refractivity contribution in [1.29, 1.82) is 0 Å². The molecule has 2 heteroatoms. The van der Waals surface area contributed by atoms with Gasteiger partial charge in [-0.15, -0.1) is 0 Å². The van der Waals surface area contributed by atoms with Gasteiger partial charge in [0.15, 0.2) is 0 Å². The van der Waals surface area contributed by atoms with Crippen molar-refractivity contribution < 1.29 is 5.11 Å². The van der Waals surface area contributed by atoms with Gasteiger partial charge in [0.2, 0.25) is 0 Å². The highest BCUT2D eigenvalue weighted by atomic mass is 16.3. The number of hydrogen-bond donors (Lipinski definition) is 2. The van der Waals surface area contributed by atoms with E-state index in [1.807, 2.05) is 30.3 Å². The summed E-state index contributed by atoms with van der Waals surface area (Å²) in [5.41, 5.74) is 1.01. The van der Waals surface area contributed by atoms with Gasteiger partial charge >= 0.3 is 0 Å². The molecule has 1 atom stereocenters. The standard InChI is InChI=1S/C16H25NO/c18-16(15-10-6-3-7-11-15)13-17-12-14-8-4-1-2-5-9-14/h3,6-7,10-11,14,16-18H,1-2,4-5,8-9,12-13H2. The Morgan fingerprint density at radius 2 is 1.72 bits per heavy atom. The molecular weight excluding hydrogens is 222 g/mol. The molecule has 2 N–H and O–H groups in total. The quantitative estimate of drug-likeness (QED) is 0.783. The third-order valence-corrected chi connectivity index (χ3v) is 3.93. The predicted molar refractivity (Wildman–Crippen MR) is 75.5 cm³/mol. The van der Waals surface area contributed by atoms with Crippen LogP contribution in [-0.2, 0) is 0 Å². The van der Waals surface area contributed by atoms with Crippen molar-refractivity contribution in [3.8, 4) is 0 Å². The molecule has 1 saturated carbocycles. The maximum atomic E-state index is 10.0. The summed E-state index contributed by atoms with van der Waals surface area (Å²) in [7, 11) is 0. The zero-order chi connectivity index (χ0) is 12.6.